The molecule has 6 heteroatoms. The fourth-order valence-electron chi connectivity index (χ4n) is 1.74. The van der Waals surface area contributed by atoms with Gasteiger partial charge in [0.05, 0.1) is 4.92 Å². The summed E-state index contributed by atoms with van der Waals surface area (Å²) in [6.07, 6.45) is 3.56. The number of non-ortho nitro benzene ring substituents is 1. The Balaban J connectivity index is 2.33. The van der Waals surface area contributed by atoms with Crippen LogP contribution in [-0.2, 0) is 6.54 Å². The van der Waals surface area contributed by atoms with Crippen molar-refractivity contribution in [2.45, 2.75) is 6.54 Å². The molecule has 0 aliphatic heterocycles. The van der Waals surface area contributed by atoms with E-state index in [2.05, 4.69) is 10.3 Å². The summed E-state index contributed by atoms with van der Waals surface area (Å²) >= 11 is 0. The number of hydrogen-bond donors (Lipinski definition) is 1. The van der Waals surface area contributed by atoms with Crippen LogP contribution in [0.5, 0.6) is 0 Å². The first-order chi connectivity index (χ1) is 8.72. The zero-order valence-corrected chi connectivity index (χ0v) is 10.0. The largest absolute Gasteiger partial charge is 0.330 e. The van der Waals surface area contributed by atoms with Gasteiger partial charge in [0.15, 0.2) is 0 Å². The van der Waals surface area contributed by atoms with Crippen LogP contribution in [0.15, 0.2) is 36.7 Å². The van der Waals surface area contributed by atoms with Gasteiger partial charge in [-0.2, -0.15) is 0 Å². The first-order valence-corrected chi connectivity index (χ1v) is 5.63. The van der Waals surface area contributed by atoms with Gasteiger partial charge in [-0.25, -0.2) is 4.98 Å². The topological polar surface area (TPSA) is 73.0 Å². The summed E-state index contributed by atoms with van der Waals surface area (Å²) in [6, 6.07) is 6.51. The van der Waals surface area contributed by atoms with Gasteiger partial charge in [0.2, 0.25) is 0 Å². The predicted octanol–water partition coefficient (Wildman–Crippen LogP) is 1.68. The van der Waals surface area contributed by atoms with Crippen LogP contribution in [-0.4, -0.2) is 28.1 Å². The SMILES string of the molecule is CNCCn1ccnc1-c1cccc([N+](=O)[O-])c1. The van der Waals surface area contributed by atoms with Crippen LogP contribution in [0.4, 0.5) is 5.69 Å². The highest BCUT2D eigenvalue weighted by Gasteiger charge is 2.10. The van der Waals surface area contributed by atoms with Crippen LogP contribution in [0.2, 0.25) is 0 Å². The smallest absolute Gasteiger partial charge is 0.270 e. The molecule has 0 radical (unpaired) electrons. The number of nitrogens with zero attached hydrogens (tertiary/aromatic N) is 3. The lowest BCUT2D eigenvalue weighted by Gasteiger charge is -2.07. The van der Waals surface area contributed by atoms with Crippen LogP contribution in [0.3, 0.4) is 0 Å². The Morgan fingerprint density at radius 3 is 3.06 bits per heavy atom. The van der Waals surface area contributed by atoms with Gasteiger partial charge in [-0.15, -0.1) is 0 Å². The van der Waals surface area contributed by atoms with E-state index in [1.165, 1.54) is 12.1 Å². The Morgan fingerprint density at radius 1 is 1.50 bits per heavy atom. The summed E-state index contributed by atoms with van der Waals surface area (Å²) in [4.78, 5) is 14.6. The number of imidazole rings is 1. The minimum Gasteiger partial charge on any atom is -0.330 e. The van der Waals surface area contributed by atoms with Crippen molar-refractivity contribution in [3.05, 3.63) is 46.8 Å². The lowest BCUT2D eigenvalue weighted by molar-refractivity contribution is -0.384. The molecule has 2 rings (SSSR count). The van der Waals surface area contributed by atoms with E-state index >= 15 is 0 Å². The van der Waals surface area contributed by atoms with E-state index in [-0.39, 0.29) is 5.69 Å². The molecule has 94 valence electrons. The third-order valence-electron chi connectivity index (χ3n) is 2.63. The highest BCUT2D eigenvalue weighted by molar-refractivity contribution is 5.59. The third kappa shape index (κ3) is 2.54. The summed E-state index contributed by atoms with van der Waals surface area (Å²) in [7, 11) is 1.88. The molecule has 0 atom stereocenters. The van der Waals surface area contributed by atoms with Crippen molar-refractivity contribution in [3.63, 3.8) is 0 Å². The fourth-order valence-corrected chi connectivity index (χ4v) is 1.74. The molecular formula is C12H14N4O2. The molecule has 1 aromatic heterocycles. The molecule has 2 aromatic rings. The normalized spacial score (nSPS) is 10.5. The minimum absolute atomic E-state index is 0.0793. The fraction of sp³-hybridized carbons (Fsp3) is 0.250. The van der Waals surface area contributed by atoms with Crippen molar-refractivity contribution in [1.82, 2.24) is 14.9 Å². The maximum Gasteiger partial charge on any atom is 0.270 e. The minimum atomic E-state index is -0.398. The molecule has 0 aliphatic rings. The molecule has 0 fully saturated rings. The van der Waals surface area contributed by atoms with Crippen LogP contribution >= 0.6 is 0 Å². The van der Waals surface area contributed by atoms with E-state index in [0.717, 1.165) is 24.5 Å². The van der Waals surface area contributed by atoms with Gasteiger partial charge in [-0.1, -0.05) is 12.1 Å². The van der Waals surface area contributed by atoms with Gasteiger partial charge in [-0.05, 0) is 7.05 Å². The van der Waals surface area contributed by atoms with Gasteiger partial charge < -0.3 is 9.88 Å². The van der Waals surface area contributed by atoms with Crippen LogP contribution < -0.4 is 5.32 Å². The highest BCUT2D eigenvalue weighted by atomic mass is 16.6. The molecule has 0 bridgehead atoms. The van der Waals surface area contributed by atoms with Gasteiger partial charge in [0.25, 0.3) is 5.69 Å². The van der Waals surface area contributed by atoms with E-state index in [9.17, 15) is 10.1 Å². The number of nitro benzene ring substituents is 1. The Bertz CT molecular complexity index is 551. The third-order valence-corrected chi connectivity index (χ3v) is 2.63. The molecule has 1 heterocycles. The summed E-state index contributed by atoms with van der Waals surface area (Å²) in [6.45, 7) is 1.59. The van der Waals surface area contributed by atoms with Gasteiger partial charge >= 0.3 is 0 Å². The first kappa shape index (κ1) is 12.3. The van der Waals surface area contributed by atoms with Crippen LogP contribution in [0.1, 0.15) is 0 Å². The molecule has 0 aliphatic carbocycles. The summed E-state index contributed by atoms with van der Waals surface area (Å²) in [5.41, 5.74) is 0.834. The van der Waals surface area contributed by atoms with E-state index in [4.69, 9.17) is 0 Å². The van der Waals surface area contributed by atoms with Gasteiger partial charge in [0.1, 0.15) is 5.82 Å². The van der Waals surface area contributed by atoms with E-state index < -0.39 is 4.92 Å². The molecular weight excluding hydrogens is 232 g/mol. The zero-order chi connectivity index (χ0) is 13.0. The lowest BCUT2D eigenvalue weighted by atomic mass is 10.2. The number of aromatic nitrogens is 2. The maximum atomic E-state index is 10.7. The van der Waals surface area contributed by atoms with E-state index in [0.29, 0.717) is 0 Å². The molecule has 0 saturated heterocycles. The number of nitro groups is 1. The van der Waals surface area contributed by atoms with Crippen LogP contribution in [0, 0.1) is 10.1 Å². The molecule has 18 heavy (non-hydrogen) atoms. The summed E-state index contributed by atoms with van der Waals surface area (Å²) in [5, 5.41) is 13.8. The average molecular weight is 246 g/mol. The molecule has 0 unspecified atom stereocenters. The second kappa shape index (κ2) is 5.42. The number of rotatable bonds is 5. The Kier molecular flexibility index (Phi) is 3.69. The first-order valence-electron chi connectivity index (χ1n) is 5.63. The van der Waals surface area contributed by atoms with Gasteiger partial charge in [0, 0.05) is 43.2 Å². The quantitative estimate of drug-likeness (QED) is 0.643. The average Bonchev–Trinajstić information content (AvgIpc) is 2.84. The second-order valence-corrected chi connectivity index (χ2v) is 3.86. The van der Waals surface area contributed by atoms with Crippen molar-refractivity contribution in [1.29, 1.82) is 0 Å². The van der Waals surface area contributed by atoms with Crippen molar-refractivity contribution in [2.75, 3.05) is 13.6 Å². The molecule has 1 aromatic carbocycles. The maximum absolute atomic E-state index is 10.7. The zero-order valence-electron chi connectivity index (χ0n) is 10.0. The second-order valence-electron chi connectivity index (χ2n) is 3.86. The van der Waals surface area contributed by atoms with E-state index in [1.54, 1.807) is 12.3 Å². The molecule has 0 spiro atoms. The van der Waals surface area contributed by atoms with Crippen molar-refractivity contribution >= 4 is 5.69 Å². The molecule has 0 saturated carbocycles. The lowest BCUT2D eigenvalue weighted by Crippen LogP contribution is -2.15. The predicted molar refractivity (Wildman–Crippen MR) is 68.2 cm³/mol. The summed E-state index contributed by atoms with van der Waals surface area (Å²) < 4.78 is 1.97. The Morgan fingerprint density at radius 2 is 2.33 bits per heavy atom. The highest BCUT2D eigenvalue weighted by Crippen LogP contribution is 2.22. The van der Waals surface area contributed by atoms with Crippen molar-refractivity contribution < 1.29 is 4.92 Å². The standard InChI is InChI=1S/C12H14N4O2/c1-13-5-7-15-8-6-14-12(15)10-3-2-4-11(9-10)16(17)18/h2-4,6,8-9,13H,5,7H2,1H3. The molecule has 1 N–H and O–H groups in total. The Labute approximate surface area is 104 Å². The van der Waals surface area contributed by atoms with Crippen LogP contribution in [0.25, 0.3) is 11.4 Å². The van der Waals surface area contributed by atoms with Crippen molar-refractivity contribution in [2.24, 2.45) is 0 Å². The van der Waals surface area contributed by atoms with Gasteiger partial charge in [-0.3, -0.25) is 10.1 Å². The number of benzene rings is 1. The number of hydrogen-bond acceptors (Lipinski definition) is 4. The monoisotopic (exact) mass is 246 g/mol. The summed E-state index contributed by atoms with van der Waals surface area (Å²) in [5.74, 6) is 0.744. The van der Waals surface area contributed by atoms with Crippen molar-refractivity contribution in [3.8, 4) is 11.4 Å². The number of likely N-dealkylation sites (N-methyl/N-ethyl adjacent to an activating group) is 1. The Hall–Kier alpha value is -2.21. The number of nitrogens with one attached hydrogen (secondary N) is 1. The van der Waals surface area contributed by atoms with E-state index in [1.807, 2.05) is 23.9 Å². The molecule has 0 amide bonds. The molecule has 6 nitrogen and oxygen atoms in total.